The first kappa shape index (κ1) is 19.7. The quantitative estimate of drug-likeness (QED) is 0.135. The van der Waals surface area contributed by atoms with Gasteiger partial charge in [-0.2, -0.15) is 0 Å². The van der Waals surface area contributed by atoms with E-state index in [0.717, 1.165) is 0 Å². The number of carbonyl (C=O) groups excluding carboxylic acids is 3. The molecule has 0 aromatic heterocycles. The Labute approximate surface area is 155 Å². The van der Waals surface area contributed by atoms with Gasteiger partial charge in [0.2, 0.25) is 0 Å². The fourth-order valence-corrected chi connectivity index (χ4v) is 2.32. The lowest BCUT2D eigenvalue weighted by Gasteiger charge is -2.07. The zero-order valence-corrected chi connectivity index (χ0v) is 14.6. The van der Waals surface area contributed by atoms with Gasteiger partial charge in [-0.05, 0) is 18.6 Å². The van der Waals surface area contributed by atoms with Gasteiger partial charge in [-0.25, -0.2) is 4.79 Å². The normalized spacial score (nSPS) is 10.9. The van der Waals surface area contributed by atoms with Crippen LogP contribution in [0.1, 0.15) is 29.3 Å². The van der Waals surface area contributed by atoms with Crippen molar-refractivity contribution in [1.82, 2.24) is 0 Å². The van der Waals surface area contributed by atoms with Crippen LogP contribution in [-0.2, 0) is 14.3 Å². The number of esters is 1. The number of benzene rings is 2. The van der Waals surface area contributed by atoms with Gasteiger partial charge in [0.1, 0.15) is 5.57 Å². The summed E-state index contributed by atoms with van der Waals surface area (Å²) in [5.74, 6) is -2.03. The number of nitro groups is 1. The Bertz CT molecular complexity index is 902. The minimum atomic E-state index is -0.880. The molecule has 7 heteroatoms. The number of ether oxygens (including phenoxy) is 1. The van der Waals surface area contributed by atoms with Crippen LogP contribution < -0.4 is 0 Å². The Balaban J connectivity index is 2.32. The predicted octanol–water partition coefficient (Wildman–Crippen LogP) is 3.38. The van der Waals surface area contributed by atoms with Crippen molar-refractivity contribution in [1.29, 1.82) is 0 Å². The second-order valence-corrected chi connectivity index (χ2v) is 5.52. The number of hydrogen-bond acceptors (Lipinski definition) is 6. The van der Waals surface area contributed by atoms with Crippen LogP contribution in [0.3, 0.4) is 0 Å². The average Bonchev–Trinajstić information content (AvgIpc) is 2.67. The molecule has 2 rings (SSSR count). The Kier molecular flexibility index (Phi) is 6.71. The summed E-state index contributed by atoms with van der Waals surface area (Å²) in [6.45, 7) is 1.63. The third-order valence-electron chi connectivity index (χ3n) is 3.60. The van der Waals surface area contributed by atoms with E-state index < -0.39 is 28.9 Å². The Hall–Kier alpha value is -3.61. The van der Waals surface area contributed by atoms with Gasteiger partial charge < -0.3 is 4.74 Å². The molecule has 7 nitrogen and oxygen atoms in total. The van der Waals surface area contributed by atoms with E-state index in [9.17, 15) is 24.5 Å². The summed E-state index contributed by atoms with van der Waals surface area (Å²) in [4.78, 5) is 47.3. The summed E-state index contributed by atoms with van der Waals surface area (Å²) in [5.41, 5.74) is 0.124. The highest BCUT2D eigenvalue weighted by atomic mass is 16.6. The van der Waals surface area contributed by atoms with E-state index in [4.69, 9.17) is 4.74 Å². The predicted molar refractivity (Wildman–Crippen MR) is 98.1 cm³/mol. The van der Waals surface area contributed by atoms with Crippen molar-refractivity contribution in [2.24, 2.45) is 0 Å². The van der Waals surface area contributed by atoms with Crippen molar-refractivity contribution >= 4 is 29.3 Å². The molecule has 0 spiro atoms. The molecule has 0 fully saturated rings. The van der Waals surface area contributed by atoms with Crippen LogP contribution in [0.5, 0.6) is 0 Å². The molecule has 138 valence electrons. The lowest BCUT2D eigenvalue weighted by Crippen LogP contribution is -2.18. The number of ketones is 2. The van der Waals surface area contributed by atoms with Crippen molar-refractivity contribution in [2.75, 3.05) is 6.61 Å². The maximum atomic E-state index is 12.5. The Morgan fingerprint density at radius 3 is 2.41 bits per heavy atom. The van der Waals surface area contributed by atoms with Gasteiger partial charge in [0.25, 0.3) is 5.69 Å². The van der Waals surface area contributed by atoms with Crippen LogP contribution in [0.2, 0.25) is 0 Å². The first-order valence-electron chi connectivity index (χ1n) is 8.17. The van der Waals surface area contributed by atoms with Crippen LogP contribution in [0.4, 0.5) is 5.69 Å². The molecule has 0 amide bonds. The molecule has 0 heterocycles. The van der Waals surface area contributed by atoms with E-state index in [0.29, 0.717) is 5.56 Å². The van der Waals surface area contributed by atoms with E-state index in [-0.39, 0.29) is 23.4 Å². The van der Waals surface area contributed by atoms with Gasteiger partial charge >= 0.3 is 5.97 Å². The van der Waals surface area contributed by atoms with E-state index in [1.165, 1.54) is 30.3 Å². The molecular formula is C20H17NO6. The molecule has 0 N–H and O–H groups in total. The van der Waals surface area contributed by atoms with Gasteiger partial charge in [0.15, 0.2) is 11.6 Å². The molecule has 2 aromatic carbocycles. The van der Waals surface area contributed by atoms with Crippen molar-refractivity contribution in [3.63, 3.8) is 0 Å². The fourth-order valence-electron chi connectivity index (χ4n) is 2.32. The molecule has 0 aliphatic carbocycles. The lowest BCUT2D eigenvalue weighted by atomic mass is 9.99. The second kappa shape index (κ2) is 9.19. The Morgan fingerprint density at radius 2 is 1.78 bits per heavy atom. The molecule has 0 saturated heterocycles. The standard InChI is InChI=1S/C20H17NO6/c1-2-27-20(24)17(12-14-7-6-10-16(11-14)21(25)26)19(23)13-18(22)15-8-4-3-5-9-15/h3-12H,2,13H2,1H3/b17-12+. The number of hydrogen-bond donors (Lipinski definition) is 0. The van der Waals surface area contributed by atoms with Crippen molar-refractivity contribution in [2.45, 2.75) is 13.3 Å². The number of nitrogens with zero attached hydrogens (tertiary/aromatic N) is 1. The molecule has 0 atom stereocenters. The molecule has 0 aliphatic heterocycles. The van der Waals surface area contributed by atoms with Gasteiger partial charge in [0.05, 0.1) is 18.0 Å². The van der Waals surface area contributed by atoms with Crippen molar-refractivity contribution in [3.8, 4) is 0 Å². The smallest absolute Gasteiger partial charge is 0.341 e. The topological polar surface area (TPSA) is 104 Å². The summed E-state index contributed by atoms with van der Waals surface area (Å²) >= 11 is 0. The highest BCUT2D eigenvalue weighted by molar-refractivity contribution is 6.26. The van der Waals surface area contributed by atoms with Gasteiger partial charge in [-0.3, -0.25) is 19.7 Å². The van der Waals surface area contributed by atoms with Crippen molar-refractivity contribution < 1.29 is 24.0 Å². The molecule has 2 aromatic rings. The first-order chi connectivity index (χ1) is 12.9. The van der Waals surface area contributed by atoms with Crippen LogP contribution in [0.15, 0.2) is 60.2 Å². The van der Waals surface area contributed by atoms with E-state index in [1.807, 2.05) is 0 Å². The first-order valence-corrected chi connectivity index (χ1v) is 8.17. The summed E-state index contributed by atoms with van der Waals surface area (Å²) in [6.07, 6.45) is 0.690. The number of Topliss-reactive ketones (excluding diaryl/α,β-unsaturated/α-hetero) is 2. The summed E-state index contributed by atoms with van der Waals surface area (Å²) < 4.78 is 4.89. The van der Waals surface area contributed by atoms with Crippen LogP contribution in [-0.4, -0.2) is 29.1 Å². The highest BCUT2D eigenvalue weighted by Gasteiger charge is 2.23. The number of nitro benzene ring substituents is 1. The second-order valence-electron chi connectivity index (χ2n) is 5.52. The van der Waals surface area contributed by atoms with E-state index in [2.05, 4.69) is 0 Å². The lowest BCUT2D eigenvalue weighted by molar-refractivity contribution is -0.384. The van der Waals surface area contributed by atoms with Crippen LogP contribution in [0.25, 0.3) is 6.08 Å². The van der Waals surface area contributed by atoms with Gasteiger partial charge in [-0.15, -0.1) is 0 Å². The molecule has 0 bridgehead atoms. The summed E-state index contributed by atoms with van der Waals surface area (Å²) in [5, 5.41) is 10.9. The summed E-state index contributed by atoms with van der Waals surface area (Å²) in [6, 6.07) is 13.7. The SMILES string of the molecule is CCOC(=O)/C(=C/c1cccc([N+](=O)[O-])c1)C(=O)CC(=O)c1ccccc1. The molecular weight excluding hydrogens is 350 g/mol. The zero-order valence-electron chi connectivity index (χ0n) is 14.6. The van der Waals surface area contributed by atoms with Gasteiger partial charge in [-0.1, -0.05) is 42.5 Å². The average molecular weight is 367 g/mol. The molecule has 0 aliphatic rings. The number of rotatable bonds is 8. The third kappa shape index (κ3) is 5.43. The van der Waals surface area contributed by atoms with E-state index >= 15 is 0 Å². The monoisotopic (exact) mass is 367 g/mol. The largest absolute Gasteiger partial charge is 0.462 e. The van der Waals surface area contributed by atoms with Crippen LogP contribution >= 0.6 is 0 Å². The van der Waals surface area contributed by atoms with E-state index in [1.54, 1.807) is 37.3 Å². The third-order valence-corrected chi connectivity index (χ3v) is 3.60. The van der Waals surface area contributed by atoms with Gasteiger partial charge in [0, 0.05) is 17.7 Å². The number of carbonyl (C=O) groups is 3. The number of non-ortho nitro benzene ring substituents is 1. The summed E-state index contributed by atoms with van der Waals surface area (Å²) in [7, 11) is 0. The van der Waals surface area contributed by atoms with Crippen LogP contribution in [0, 0.1) is 10.1 Å². The molecule has 0 unspecified atom stereocenters. The zero-order chi connectivity index (χ0) is 19.8. The molecule has 27 heavy (non-hydrogen) atoms. The maximum Gasteiger partial charge on any atom is 0.341 e. The maximum absolute atomic E-state index is 12.5. The molecule has 0 saturated carbocycles. The molecule has 0 radical (unpaired) electrons. The van der Waals surface area contributed by atoms with Crippen molar-refractivity contribution in [3.05, 3.63) is 81.4 Å². The Morgan fingerprint density at radius 1 is 1.07 bits per heavy atom. The fraction of sp³-hybridized carbons (Fsp3) is 0.150. The highest BCUT2D eigenvalue weighted by Crippen LogP contribution is 2.18. The minimum Gasteiger partial charge on any atom is -0.462 e. The minimum absolute atomic E-state index is 0.0466.